The van der Waals surface area contributed by atoms with Gasteiger partial charge in [-0.2, -0.15) is 0 Å². The van der Waals surface area contributed by atoms with Crippen LogP contribution in [0.2, 0.25) is 0 Å². The summed E-state index contributed by atoms with van der Waals surface area (Å²) in [6.45, 7) is 0. The highest BCUT2D eigenvalue weighted by atomic mass is 32.2. The van der Waals surface area contributed by atoms with Crippen LogP contribution in [-0.4, -0.2) is 34.0 Å². The van der Waals surface area contributed by atoms with Crippen molar-refractivity contribution >= 4 is 23.1 Å². The normalized spacial score (nSPS) is 13.4. The number of rotatable bonds is 8. The van der Waals surface area contributed by atoms with Crippen LogP contribution in [0.4, 0.5) is 0 Å². The third kappa shape index (κ3) is 4.18. The number of hydrogen-bond acceptors (Lipinski definition) is 7. The van der Waals surface area contributed by atoms with Crippen LogP contribution in [0.5, 0.6) is 11.5 Å². The van der Waals surface area contributed by atoms with Gasteiger partial charge >= 0.3 is 0 Å². The van der Waals surface area contributed by atoms with E-state index in [0.717, 1.165) is 38.7 Å². The highest BCUT2D eigenvalue weighted by Gasteiger charge is 2.31. The summed E-state index contributed by atoms with van der Waals surface area (Å²) in [6.07, 6.45) is 2.38. The number of ether oxygens (including phenoxy) is 2. The smallest absolute Gasteiger partial charge is 0.196 e. The Morgan fingerprint density at radius 2 is 1.84 bits per heavy atom. The Kier molecular flexibility index (Phi) is 5.65. The fraction of sp³-hybridized carbons (Fsp3) is 0.261. The minimum Gasteiger partial charge on any atom is -0.493 e. The molecule has 0 spiro atoms. The van der Waals surface area contributed by atoms with Gasteiger partial charge in [-0.05, 0) is 43.2 Å². The predicted octanol–water partition coefficient (Wildman–Crippen LogP) is 5.58. The Labute approximate surface area is 189 Å². The van der Waals surface area contributed by atoms with E-state index in [1.165, 1.54) is 12.8 Å². The summed E-state index contributed by atoms with van der Waals surface area (Å²) in [5.74, 6) is 3.75. The quantitative estimate of drug-likeness (QED) is 0.327. The van der Waals surface area contributed by atoms with Crippen molar-refractivity contribution in [2.45, 2.75) is 29.7 Å². The van der Waals surface area contributed by atoms with E-state index < -0.39 is 0 Å². The Bertz CT molecular complexity index is 1190. The van der Waals surface area contributed by atoms with Gasteiger partial charge in [0.1, 0.15) is 10.8 Å². The summed E-state index contributed by atoms with van der Waals surface area (Å²) in [6, 6.07) is 16.2. The molecule has 0 radical (unpaired) electrons. The standard InChI is InChI=1S/C23H22N4O2S2/c1-28-19-11-10-16(12-20(19)29-2)22-24-17(13-30-22)14-31-23-26-25-21(15-8-9-15)27(23)18-6-4-3-5-7-18/h3-7,10-13,15H,8-9,14H2,1-2H3. The van der Waals surface area contributed by atoms with E-state index in [-0.39, 0.29) is 0 Å². The molecule has 6 nitrogen and oxygen atoms in total. The van der Waals surface area contributed by atoms with E-state index in [1.807, 2.05) is 24.3 Å². The number of hydrogen-bond donors (Lipinski definition) is 0. The first-order valence-electron chi connectivity index (χ1n) is 10.1. The topological polar surface area (TPSA) is 62.1 Å². The van der Waals surface area contributed by atoms with Crippen LogP contribution in [-0.2, 0) is 5.75 Å². The van der Waals surface area contributed by atoms with Crippen LogP contribution in [0.3, 0.4) is 0 Å². The minimum absolute atomic E-state index is 0.526. The van der Waals surface area contributed by atoms with E-state index >= 15 is 0 Å². The summed E-state index contributed by atoms with van der Waals surface area (Å²) in [5.41, 5.74) is 3.15. The van der Waals surface area contributed by atoms with Gasteiger partial charge in [-0.1, -0.05) is 30.0 Å². The Morgan fingerprint density at radius 3 is 2.58 bits per heavy atom. The molecule has 5 rings (SSSR count). The van der Waals surface area contributed by atoms with E-state index in [1.54, 1.807) is 37.3 Å². The molecular weight excluding hydrogens is 428 g/mol. The second-order valence-electron chi connectivity index (χ2n) is 7.29. The van der Waals surface area contributed by atoms with Crippen molar-refractivity contribution in [3.05, 3.63) is 65.4 Å². The van der Waals surface area contributed by atoms with E-state index in [9.17, 15) is 0 Å². The SMILES string of the molecule is COc1ccc(-c2nc(CSc3nnc(C4CC4)n3-c3ccccc3)cs2)cc1OC. The molecular formula is C23H22N4O2S2. The van der Waals surface area contributed by atoms with Crippen molar-refractivity contribution in [2.24, 2.45) is 0 Å². The summed E-state index contributed by atoms with van der Waals surface area (Å²) >= 11 is 3.30. The van der Waals surface area contributed by atoms with Crippen molar-refractivity contribution < 1.29 is 9.47 Å². The molecule has 1 aliphatic rings. The molecule has 4 aromatic rings. The molecule has 0 N–H and O–H groups in total. The molecule has 31 heavy (non-hydrogen) atoms. The molecule has 8 heteroatoms. The van der Waals surface area contributed by atoms with Gasteiger partial charge in [-0.15, -0.1) is 21.5 Å². The van der Waals surface area contributed by atoms with Gasteiger partial charge in [0.15, 0.2) is 16.7 Å². The average molecular weight is 451 g/mol. The molecule has 2 aromatic heterocycles. The van der Waals surface area contributed by atoms with Gasteiger partial charge < -0.3 is 9.47 Å². The van der Waals surface area contributed by atoms with Crippen LogP contribution < -0.4 is 9.47 Å². The number of nitrogens with zero attached hydrogens (tertiary/aromatic N) is 4. The fourth-order valence-corrected chi connectivity index (χ4v) is 5.19. The first-order valence-corrected chi connectivity index (χ1v) is 11.9. The number of benzene rings is 2. The van der Waals surface area contributed by atoms with Crippen molar-refractivity contribution in [3.63, 3.8) is 0 Å². The highest BCUT2D eigenvalue weighted by Crippen LogP contribution is 2.41. The number of para-hydroxylation sites is 1. The van der Waals surface area contributed by atoms with Crippen LogP contribution in [0.25, 0.3) is 16.3 Å². The molecule has 0 aliphatic heterocycles. The largest absolute Gasteiger partial charge is 0.493 e. The average Bonchev–Trinajstić information content (AvgIpc) is 3.40. The lowest BCUT2D eigenvalue weighted by Crippen LogP contribution is -2.01. The summed E-state index contributed by atoms with van der Waals surface area (Å²) in [4.78, 5) is 4.83. The summed E-state index contributed by atoms with van der Waals surface area (Å²) < 4.78 is 13.0. The van der Waals surface area contributed by atoms with Gasteiger partial charge in [-0.3, -0.25) is 4.57 Å². The first-order chi connectivity index (χ1) is 15.3. The van der Waals surface area contributed by atoms with Crippen LogP contribution >= 0.6 is 23.1 Å². The van der Waals surface area contributed by atoms with Gasteiger partial charge in [0, 0.05) is 28.3 Å². The molecule has 0 atom stereocenters. The lowest BCUT2D eigenvalue weighted by atomic mass is 10.2. The molecule has 2 aromatic carbocycles. The molecule has 158 valence electrons. The zero-order valence-electron chi connectivity index (χ0n) is 17.3. The third-order valence-corrected chi connectivity index (χ3v) is 7.05. The lowest BCUT2D eigenvalue weighted by Gasteiger charge is -2.09. The zero-order chi connectivity index (χ0) is 21.2. The fourth-order valence-electron chi connectivity index (χ4n) is 3.41. The molecule has 0 bridgehead atoms. The maximum absolute atomic E-state index is 5.42. The molecule has 2 heterocycles. The monoisotopic (exact) mass is 450 g/mol. The number of thioether (sulfide) groups is 1. The molecule has 0 unspecified atom stereocenters. The van der Waals surface area contributed by atoms with E-state index in [4.69, 9.17) is 14.5 Å². The summed E-state index contributed by atoms with van der Waals surface area (Å²) in [5, 5.41) is 13.0. The van der Waals surface area contributed by atoms with Gasteiger partial charge in [-0.25, -0.2) is 4.98 Å². The number of thiazole rings is 1. The van der Waals surface area contributed by atoms with Gasteiger partial charge in [0.25, 0.3) is 0 Å². The van der Waals surface area contributed by atoms with Crippen LogP contribution in [0.1, 0.15) is 30.3 Å². The minimum atomic E-state index is 0.526. The van der Waals surface area contributed by atoms with E-state index in [0.29, 0.717) is 17.4 Å². The number of aromatic nitrogens is 4. The zero-order valence-corrected chi connectivity index (χ0v) is 18.9. The molecule has 1 saturated carbocycles. The molecule has 0 amide bonds. The van der Waals surface area contributed by atoms with Crippen molar-refractivity contribution in [2.75, 3.05) is 14.2 Å². The van der Waals surface area contributed by atoms with Crippen molar-refractivity contribution in [1.82, 2.24) is 19.7 Å². The van der Waals surface area contributed by atoms with Crippen LogP contribution in [0.15, 0.2) is 59.1 Å². The second kappa shape index (κ2) is 8.72. The Hall–Kier alpha value is -2.84. The highest BCUT2D eigenvalue weighted by molar-refractivity contribution is 7.98. The molecule has 1 fully saturated rings. The Morgan fingerprint density at radius 1 is 1.03 bits per heavy atom. The maximum Gasteiger partial charge on any atom is 0.196 e. The van der Waals surface area contributed by atoms with Crippen molar-refractivity contribution in [3.8, 4) is 27.8 Å². The number of methoxy groups -OCH3 is 2. The van der Waals surface area contributed by atoms with Gasteiger partial charge in [0.2, 0.25) is 0 Å². The van der Waals surface area contributed by atoms with E-state index in [2.05, 4.69) is 44.4 Å². The second-order valence-corrected chi connectivity index (χ2v) is 9.09. The first kappa shape index (κ1) is 20.1. The third-order valence-electron chi connectivity index (χ3n) is 5.15. The Balaban J connectivity index is 1.36. The van der Waals surface area contributed by atoms with Crippen LogP contribution in [0, 0.1) is 0 Å². The molecule has 0 saturated heterocycles. The van der Waals surface area contributed by atoms with Gasteiger partial charge in [0.05, 0.1) is 19.9 Å². The summed E-state index contributed by atoms with van der Waals surface area (Å²) in [7, 11) is 3.28. The lowest BCUT2D eigenvalue weighted by molar-refractivity contribution is 0.355. The maximum atomic E-state index is 5.42. The molecule has 1 aliphatic carbocycles. The van der Waals surface area contributed by atoms with Crippen molar-refractivity contribution in [1.29, 1.82) is 0 Å². The predicted molar refractivity (Wildman–Crippen MR) is 124 cm³/mol.